The Morgan fingerprint density at radius 3 is 2.96 bits per heavy atom. The summed E-state index contributed by atoms with van der Waals surface area (Å²) in [5.41, 5.74) is 3.74. The molecule has 0 saturated carbocycles. The summed E-state index contributed by atoms with van der Waals surface area (Å²) in [6.45, 7) is 3.09. The van der Waals surface area contributed by atoms with Gasteiger partial charge in [0.1, 0.15) is 5.75 Å². The fraction of sp³-hybridized carbons (Fsp3) is 0.318. The number of benzene rings is 1. The first-order valence-corrected chi connectivity index (χ1v) is 10.5. The molecule has 28 heavy (non-hydrogen) atoms. The number of methoxy groups -OCH3 is 1. The second-order valence-electron chi connectivity index (χ2n) is 7.33. The third-order valence-electron chi connectivity index (χ3n) is 5.62. The quantitative estimate of drug-likeness (QED) is 0.502. The van der Waals surface area contributed by atoms with E-state index in [9.17, 15) is 0 Å². The number of aromatic amines is 1. The lowest BCUT2D eigenvalue weighted by Gasteiger charge is -2.31. The summed E-state index contributed by atoms with van der Waals surface area (Å²) in [5, 5.41) is 4.40. The number of furan rings is 1. The third-order valence-corrected chi connectivity index (χ3v) is 6.52. The lowest BCUT2D eigenvalue weighted by Crippen LogP contribution is -2.32. The van der Waals surface area contributed by atoms with Crippen molar-refractivity contribution in [3.63, 3.8) is 0 Å². The van der Waals surface area contributed by atoms with Crippen molar-refractivity contribution in [3.8, 4) is 16.5 Å². The molecule has 0 unspecified atom stereocenters. The van der Waals surface area contributed by atoms with Crippen LogP contribution in [-0.2, 0) is 6.54 Å². The molecule has 5 rings (SSSR count). The van der Waals surface area contributed by atoms with Crippen molar-refractivity contribution in [2.45, 2.75) is 25.3 Å². The summed E-state index contributed by atoms with van der Waals surface area (Å²) >= 11 is 1.65. The predicted molar refractivity (Wildman–Crippen MR) is 112 cm³/mol. The van der Waals surface area contributed by atoms with Crippen molar-refractivity contribution in [1.29, 1.82) is 0 Å². The molecule has 1 fully saturated rings. The van der Waals surface area contributed by atoms with Gasteiger partial charge in [-0.25, -0.2) is 4.98 Å². The second kappa shape index (κ2) is 7.45. The minimum absolute atomic E-state index is 0.589. The summed E-state index contributed by atoms with van der Waals surface area (Å²) in [4.78, 5) is 10.7. The fourth-order valence-corrected chi connectivity index (χ4v) is 4.89. The number of aromatic nitrogens is 2. The van der Waals surface area contributed by atoms with Gasteiger partial charge in [0, 0.05) is 29.0 Å². The highest BCUT2D eigenvalue weighted by Gasteiger charge is 2.23. The molecule has 0 aliphatic carbocycles. The highest BCUT2D eigenvalue weighted by Crippen LogP contribution is 2.35. The van der Waals surface area contributed by atoms with E-state index in [0.717, 1.165) is 41.8 Å². The van der Waals surface area contributed by atoms with Crippen molar-refractivity contribution in [3.05, 3.63) is 59.4 Å². The molecule has 1 aliphatic heterocycles. The predicted octanol–water partition coefficient (Wildman–Crippen LogP) is 5.27. The second-order valence-corrected chi connectivity index (χ2v) is 8.19. The summed E-state index contributed by atoms with van der Waals surface area (Å²) in [7, 11) is 1.72. The molecule has 5 nitrogen and oxygen atoms in total. The number of H-pyrrole nitrogens is 1. The summed E-state index contributed by atoms with van der Waals surface area (Å²) < 4.78 is 10.9. The van der Waals surface area contributed by atoms with Crippen LogP contribution in [0.1, 0.15) is 30.0 Å². The third kappa shape index (κ3) is 3.34. The van der Waals surface area contributed by atoms with Gasteiger partial charge in [-0.1, -0.05) is 0 Å². The first-order chi connectivity index (χ1) is 13.8. The van der Waals surface area contributed by atoms with Crippen molar-refractivity contribution < 1.29 is 9.15 Å². The van der Waals surface area contributed by atoms with Crippen LogP contribution in [0.3, 0.4) is 0 Å². The minimum Gasteiger partial charge on any atom is -0.497 e. The average molecular weight is 394 g/mol. The Bertz CT molecular complexity index is 1060. The summed E-state index contributed by atoms with van der Waals surface area (Å²) in [6.07, 6.45) is 6.21. The highest BCUT2D eigenvalue weighted by molar-refractivity contribution is 7.13. The maximum atomic E-state index is 5.45. The van der Waals surface area contributed by atoms with Crippen LogP contribution < -0.4 is 4.74 Å². The molecule has 6 heteroatoms. The number of nitrogens with zero attached hydrogens (tertiary/aromatic N) is 2. The number of fused-ring (bicyclic) bond motifs is 1. The standard InChI is InChI=1S/C22H23N3O2S/c1-26-17-4-5-20-18(11-17)19(12-23-20)15-6-8-25(9-7-15)13-16-14-28-22(24-16)21-3-2-10-27-21/h2-5,10-12,14-15,23H,6-9,13H2,1H3. The summed E-state index contributed by atoms with van der Waals surface area (Å²) in [5.74, 6) is 2.36. The molecule has 0 amide bonds. The average Bonchev–Trinajstić information content (AvgIpc) is 3.48. The molecule has 0 radical (unpaired) electrons. The fourth-order valence-electron chi connectivity index (χ4n) is 4.11. The van der Waals surface area contributed by atoms with Gasteiger partial charge in [0.05, 0.1) is 19.1 Å². The van der Waals surface area contributed by atoms with Crippen LogP contribution in [0.4, 0.5) is 0 Å². The zero-order valence-electron chi connectivity index (χ0n) is 15.9. The molecule has 1 saturated heterocycles. The Balaban J connectivity index is 1.24. The van der Waals surface area contributed by atoms with E-state index in [1.165, 1.54) is 29.3 Å². The van der Waals surface area contributed by atoms with E-state index in [1.54, 1.807) is 24.7 Å². The number of thiazole rings is 1. The number of ether oxygens (including phenoxy) is 1. The van der Waals surface area contributed by atoms with E-state index >= 15 is 0 Å². The van der Waals surface area contributed by atoms with Crippen LogP contribution in [0.15, 0.2) is 52.6 Å². The van der Waals surface area contributed by atoms with Crippen LogP contribution in [-0.4, -0.2) is 35.1 Å². The molecule has 1 aliphatic rings. The van der Waals surface area contributed by atoms with Gasteiger partial charge in [-0.2, -0.15) is 0 Å². The number of hydrogen-bond acceptors (Lipinski definition) is 5. The number of piperidine rings is 1. The molecule has 0 bridgehead atoms. The molecule has 1 aromatic carbocycles. The Labute approximate surface area is 168 Å². The van der Waals surface area contributed by atoms with E-state index in [4.69, 9.17) is 14.1 Å². The van der Waals surface area contributed by atoms with Gasteiger partial charge < -0.3 is 14.1 Å². The number of hydrogen-bond donors (Lipinski definition) is 1. The van der Waals surface area contributed by atoms with E-state index in [0.29, 0.717) is 5.92 Å². The van der Waals surface area contributed by atoms with Gasteiger partial charge in [0.15, 0.2) is 10.8 Å². The van der Waals surface area contributed by atoms with E-state index in [2.05, 4.69) is 33.6 Å². The highest BCUT2D eigenvalue weighted by atomic mass is 32.1. The molecule has 4 heterocycles. The van der Waals surface area contributed by atoms with Crippen LogP contribution in [0.2, 0.25) is 0 Å². The summed E-state index contributed by atoms with van der Waals surface area (Å²) in [6, 6.07) is 10.1. The molecule has 0 atom stereocenters. The van der Waals surface area contributed by atoms with Crippen molar-refractivity contribution >= 4 is 22.2 Å². The Morgan fingerprint density at radius 2 is 2.18 bits per heavy atom. The minimum atomic E-state index is 0.589. The zero-order valence-corrected chi connectivity index (χ0v) is 16.7. The van der Waals surface area contributed by atoms with E-state index < -0.39 is 0 Å². The molecule has 4 aromatic rings. The molecule has 3 aromatic heterocycles. The van der Waals surface area contributed by atoms with Gasteiger partial charge >= 0.3 is 0 Å². The largest absolute Gasteiger partial charge is 0.497 e. The Kier molecular flexibility index (Phi) is 4.66. The molecule has 144 valence electrons. The van der Waals surface area contributed by atoms with Crippen LogP contribution >= 0.6 is 11.3 Å². The van der Waals surface area contributed by atoms with Crippen LogP contribution in [0.25, 0.3) is 21.7 Å². The first-order valence-electron chi connectivity index (χ1n) is 9.66. The van der Waals surface area contributed by atoms with Gasteiger partial charge in [-0.3, -0.25) is 4.90 Å². The molecule has 0 spiro atoms. The maximum absolute atomic E-state index is 5.45. The van der Waals surface area contributed by atoms with E-state index in [1.807, 2.05) is 18.2 Å². The van der Waals surface area contributed by atoms with Gasteiger partial charge in [0.25, 0.3) is 0 Å². The van der Waals surface area contributed by atoms with Crippen molar-refractivity contribution in [2.24, 2.45) is 0 Å². The zero-order chi connectivity index (χ0) is 18.9. The van der Waals surface area contributed by atoms with Gasteiger partial charge in [-0.15, -0.1) is 11.3 Å². The van der Waals surface area contributed by atoms with Crippen LogP contribution in [0, 0.1) is 0 Å². The van der Waals surface area contributed by atoms with Crippen molar-refractivity contribution in [2.75, 3.05) is 20.2 Å². The van der Waals surface area contributed by atoms with Crippen LogP contribution in [0.5, 0.6) is 5.75 Å². The van der Waals surface area contributed by atoms with Gasteiger partial charge in [-0.05, 0) is 67.7 Å². The Hall–Kier alpha value is -2.57. The van der Waals surface area contributed by atoms with Crippen molar-refractivity contribution in [1.82, 2.24) is 14.9 Å². The molecule has 1 N–H and O–H groups in total. The lowest BCUT2D eigenvalue weighted by atomic mass is 9.89. The molecular formula is C22H23N3O2S. The van der Waals surface area contributed by atoms with Gasteiger partial charge in [0.2, 0.25) is 0 Å². The topological polar surface area (TPSA) is 54.3 Å². The lowest BCUT2D eigenvalue weighted by molar-refractivity contribution is 0.203. The van der Waals surface area contributed by atoms with E-state index in [-0.39, 0.29) is 0 Å². The number of nitrogens with one attached hydrogen (secondary N) is 1. The normalized spacial score (nSPS) is 16.0. The monoisotopic (exact) mass is 393 g/mol. The smallest absolute Gasteiger partial charge is 0.162 e. The SMILES string of the molecule is COc1ccc2[nH]cc(C3CCN(Cc4csc(-c5ccco5)n4)CC3)c2c1. The number of rotatable bonds is 5. The Morgan fingerprint density at radius 1 is 1.29 bits per heavy atom. The maximum Gasteiger partial charge on any atom is 0.162 e. The molecular weight excluding hydrogens is 370 g/mol. The first kappa shape index (κ1) is 17.5. The number of likely N-dealkylation sites (tertiary alicyclic amines) is 1.